The number of aromatic nitrogens is 1. The van der Waals surface area contributed by atoms with Crippen LogP contribution in [0.15, 0.2) is 12.1 Å². The van der Waals surface area contributed by atoms with Gasteiger partial charge in [0, 0.05) is 11.3 Å². The Bertz CT molecular complexity index is 578. The molecule has 1 heterocycles. The van der Waals surface area contributed by atoms with Crippen molar-refractivity contribution in [1.29, 1.82) is 0 Å². The molecule has 0 aromatic carbocycles. The van der Waals surface area contributed by atoms with Gasteiger partial charge in [0.25, 0.3) is 5.91 Å². The van der Waals surface area contributed by atoms with E-state index in [1.54, 1.807) is 0 Å². The fraction of sp³-hybridized carbons (Fsp3) is 0.462. The van der Waals surface area contributed by atoms with E-state index < -0.39 is 37.2 Å². The first-order valence-corrected chi connectivity index (χ1v) is 6.45. The van der Waals surface area contributed by atoms with Gasteiger partial charge in [0.05, 0.1) is 13.7 Å². The van der Waals surface area contributed by atoms with Gasteiger partial charge >= 0.3 is 12.1 Å². The number of pyridine rings is 1. The maximum Gasteiger partial charge on any atom is 0.405 e. The van der Waals surface area contributed by atoms with Gasteiger partial charge < -0.3 is 20.5 Å². The number of esters is 1. The summed E-state index contributed by atoms with van der Waals surface area (Å²) in [6.07, 6.45) is -4.43. The van der Waals surface area contributed by atoms with E-state index in [-0.39, 0.29) is 11.4 Å². The lowest BCUT2D eigenvalue weighted by Gasteiger charge is -2.15. The molecule has 0 saturated carbocycles. The summed E-state index contributed by atoms with van der Waals surface area (Å²) >= 11 is 0. The van der Waals surface area contributed by atoms with E-state index in [0.29, 0.717) is 5.69 Å². The van der Waals surface area contributed by atoms with Crippen LogP contribution >= 0.6 is 0 Å². The number of hydrogen-bond donors (Lipinski definition) is 3. The monoisotopic (exact) mass is 335 g/mol. The first-order valence-electron chi connectivity index (χ1n) is 6.45. The molecule has 0 bridgehead atoms. The summed E-state index contributed by atoms with van der Waals surface area (Å²) in [5, 5.41) is 13.3. The third-order valence-electron chi connectivity index (χ3n) is 2.66. The first kappa shape index (κ1) is 18.7. The van der Waals surface area contributed by atoms with Crippen LogP contribution in [0.25, 0.3) is 0 Å². The Labute approximate surface area is 129 Å². The number of halogens is 3. The van der Waals surface area contributed by atoms with Gasteiger partial charge in [-0.15, -0.1) is 0 Å². The van der Waals surface area contributed by atoms with Gasteiger partial charge in [0.1, 0.15) is 12.4 Å². The summed E-state index contributed by atoms with van der Waals surface area (Å²) in [6.45, 7) is -0.479. The molecule has 1 atom stereocenters. The number of alkyl halides is 3. The number of hydrogen-bond acceptors (Lipinski definition) is 6. The van der Waals surface area contributed by atoms with Gasteiger partial charge in [-0.2, -0.15) is 13.2 Å². The summed E-state index contributed by atoms with van der Waals surface area (Å²) in [7, 11) is 1.09. The summed E-state index contributed by atoms with van der Waals surface area (Å²) in [5.41, 5.74) is 0.297. The van der Waals surface area contributed by atoms with Gasteiger partial charge in [0.2, 0.25) is 0 Å². The summed E-state index contributed by atoms with van der Waals surface area (Å²) in [6, 6.07) is 1.17. The minimum Gasteiger partial charge on any atom is -0.467 e. The molecule has 0 radical (unpaired) electrons. The lowest BCUT2D eigenvalue weighted by atomic mass is 10.2. The van der Waals surface area contributed by atoms with Crippen LogP contribution in [-0.2, 0) is 9.53 Å². The largest absolute Gasteiger partial charge is 0.467 e. The number of methoxy groups -OCH3 is 1. The molecule has 0 aliphatic carbocycles. The second-order valence-corrected chi connectivity index (χ2v) is 4.58. The number of aliphatic hydroxyl groups is 1. The number of anilines is 1. The number of amides is 1. The van der Waals surface area contributed by atoms with Crippen molar-refractivity contribution in [3.63, 3.8) is 0 Å². The molecule has 7 nitrogen and oxygen atoms in total. The van der Waals surface area contributed by atoms with E-state index in [0.717, 1.165) is 13.2 Å². The molecular formula is C13H16F3N3O4. The van der Waals surface area contributed by atoms with Gasteiger partial charge in [-0.05, 0) is 19.1 Å². The molecule has 1 rings (SSSR count). The highest BCUT2D eigenvalue weighted by atomic mass is 19.4. The average molecular weight is 335 g/mol. The number of nitrogens with one attached hydrogen (secondary N) is 2. The third kappa shape index (κ3) is 6.10. The zero-order valence-electron chi connectivity index (χ0n) is 12.4. The Hall–Kier alpha value is -2.36. The molecule has 1 aromatic heterocycles. The molecule has 23 heavy (non-hydrogen) atoms. The predicted octanol–water partition coefficient (Wildman–Crippen LogP) is 0.628. The Balaban J connectivity index is 2.88. The highest BCUT2D eigenvalue weighted by Gasteiger charge is 2.27. The van der Waals surface area contributed by atoms with Gasteiger partial charge in [-0.25, -0.2) is 9.78 Å². The summed E-state index contributed by atoms with van der Waals surface area (Å²) in [4.78, 5) is 27.2. The Morgan fingerprint density at radius 1 is 1.39 bits per heavy atom. The fourth-order valence-corrected chi connectivity index (χ4v) is 1.64. The first-order chi connectivity index (χ1) is 10.7. The van der Waals surface area contributed by atoms with Crippen LogP contribution in [0.3, 0.4) is 0 Å². The molecule has 0 spiro atoms. The van der Waals surface area contributed by atoms with Crippen molar-refractivity contribution in [3.8, 4) is 0 Å². The van der Waals surface area contributed by atoms with E-state index in [2.05, 4.69) is 20.4 Å². The van der Waals surface area contributed by atoms with E-state index in [9.17, 15) is 22.8 Å². The fourth-order valence-electron chi connectivity index (χ4n) is 1.64. The molecule has 3 N–H and O–H groups in total. The second kappa shape index (κ2) is 7.77. The third-order valence-corrected chi connectivity index (χ3v) is 2.66. The molecule has 0 saturated heterocycles. The van der Waals surface area contributed by atoms with Crippen molar-refractivity contribution in [2.24, 2.45) is 0 Å². The van der Waals surface area contributed by atoms with Crippen LogP contribution in [-0.4, -0.2) is 54.4 Å². The normalized spacial score (nSPS) is 12.4. The average Bonchev–Trinajstić information content (AvgIpc) is 2.48. The predicted molar refractivity (Wildman–Crippen MR) is 73.9 cm³/mol. The van der Waals surface area contributed by atoms with Crippen molar-refractivity contribution in [3.05, 3.63) is 23.4 Å². The van der Waals surface area contributed by atoms with Crippen LogP contribution in [0, 0.1) is 6.92 Å². The summed E-state index contributed by atoms with van der Waals surface area (Å²) < 4.78 is 41.0. The SMILES string of the molecule is COC(=O)[C@H](CO)NC(=O)c1cc(C)nc(NCC(F)(F)F)c1. The van der Waals surface area contributed by atoms with Gasteiger partial charge in [-0.3, -0.25) is 4.79 Å². The molecule has 128 valence electrons. The van der Waals surface area contributed by atoms with E-state index in [4.69, 9.17) is 5.11 Å². The zero-order chi connectivity index (χ0) is 17.6. The number of carbonyl (C=O) groups is 2. The van der Waals surface area contributed by atoms with Crippen molar-refractivity contribution in [1.82, 2.24) is 10.3 Å². The number of nitrogens with zero attached hydrogens (tertiary/aromatic N) is 1. The lowest BCUT2D eigenvalue weighted by molar-refractivity contribution is -0.143. The number of carbonyl (C=O) groups excluding carboxylic acids is 2. The van der Waals surface area contributed by atoms with Crippen molar-refractivity contribution >= 4 is 17.7 Å². The highest BCUT2D eigenvalue weighted by Crippen LogP contribution is 2.17. The Morgan fingerprint density at radius 3 is 2.57 bits per heavy atom. The molecule has 1 amide bonds. The summed E-state index contributed by atoms with van der Waals surface area (Å²) in [5.74, 6) is -1.73. The standard InChI is InChI=1S/C13H16F3N3O4/c1-7-3-8(4-10(18-7)17-6-13(14,15)16)11(21)19-9(5-20)12(22)23-2/h3-4,9,20H,5-6H2,1-2H3,(H,17,18)(H,19,21)/t9-/m0/s1. The molecule has 1 aromatic rings. The van der Waals surface area contributed by atoms with E-state index >= 15 is 0 Å². The maximum atomic E-state index is 12.2. The van der Waals surface area contributed by atoms with Crippen molar-refractivity contribution < 1.29 is 32.6 Å². The van der Waals surface area contributed by atoms with Crippen LogP contribution in [0.4, 0.5) is 19.0 Å². The van der Waals surface area contributed by atoms with Crippen LogP contribution in [0.2, 0.25) is 0 Å². The topological polar surface area (TPSA) is 101 Å². The van der Waals surface area contributed by atoms with Crippen LogP contribution in [0.5, 0.6) is 0 Å². The lowest BCUT2D eigenvalue weighted by Crippen LogP contribution is -2.44. The molecule has 10 heteroatoms. The van der Waals surface area contributed by atoms with Gasteiger partial charge in [-0.1, -0.05) is 0 Å². The van der Waals surface area contributed by atoms with Gasteiger partial charge in [0.15, 0.2) is 6.04 Å². The van der Waals surface area contributed by atoms with E-state index in [1.807, 2.05) is 0 Å². The number of ether oxygens (including phenoxy) is 1. The molecule has 0 aliphatic rings. The minimum atomic E-state index is -4.43. The number of aliphatic hydroxyl groups excluding tert-OH is 1. The Kier molecular flexibility index (Phi) is 6.31. The zero-order valence-corrected chi connectivity index (χ0v) is 12.4. The van der Waals surface area contributed by atoms with Crippen LogP contribution < -0.4 is 10.6 Å². The minimum absolute atomic E-state index is 0.00970. The molecule has 0 aliphatic heterocycles. The van der Waals surface area contributed by atoms with Crippen molar-refractivity contribution in [2.45, 2.75) is 19.1 Å². The molecular weight excluding hydrogens is 319 g/mol. The molecule has 0 unspecified atom stereocenters. The van der Waals surface area contributed by atoms with E-state index in [1.165, 1.54) is 13.0 Å². The Morgan fingerprint density at radius 2 is 2.04 bits per heavy atom. The number of rotatable bonds is 6. The highest BCUT2D eigenvalue weighted by molar-refractivity contribution is 5.97. The smallest absolute Gasteiger partial charge is 0.405 e. The quantitative estimate of drug-likeness (QED) is 0.659. The molecule has 0 fully saturated rings. The van der Waals surface area contributed by atoms with Crippen LogP contribution in [0.1, 0.15) is 16.1 Å². The maximum absolute atomic E-state index is 12.2. The second-order valence-electron chi connectivity index (χ2n) is 4.58. The number of aryl methyl sites for hydroxylation is 1. The van der Waals surface area contributed by atoms with Crippen molar-refractivity contribution in [2.75, 3.05) is 25.6 Å².